The number of methoxy groups -OCH3 is 2. The second-order valence-corrected chi connectivity index (χ2v) is 4.84. The van der Waals surface area contributed by atoms with E-state index in [0.29, 0.717) is 5.56 Å². The average Bonchev–Trinajstić information content (AvgIpc) is 3.35. The van der Waals surface area contributed by atoms with Crippen molar-refractivity contribution >= 4 is 5.78 Å². The van der Waals surface area contributed by atoms with Crippen LogP contribution < -0.4 is 9.47 Å². The summed E-state index contributed by atoms with van der Waals surface area (Å²) in [6.45, 7) is 0. The van der Waals surface area contributed by atoms with Crippen molar-refractivity contribution in [1.29, 1.82) is 0 Å². The second kappa shape index (κ2) is 5.58. The van der Waals surface area contributed by atoms with Gasteiger partial charge in [-0.25, -0.2) is 0 Å². The number of ether oxygens (including phenoxy) is 3. The molecule has 21 heavy (non-hydrogen) atoms. The van der Waals surface area contributed by atoms with Crippen LogP contribution in [0.25, 0.3) is 0 Å². The van der Waals surface area contributed by atoms with Crippen LogP contribution in [0.5, 0.6) is 11.5 Å². The lowest BCUT2D eigenvalue weighted by Crippen LogP contribution is -2.08. The molecule has 108 valence electrons. The van der Waals surface area contributed by atoms with E-state index < -0.39 is 6.10 Å². The van der Waals surface area contributed by atoms with Gasteiger partial charge in [0.25, 0.3) is 0 Å². The van der Waals surface area contributed by atoms with E-state index in [-0.39, 0.29) is 11.9 Å². The summed E-state index contributed by atoms with van der Waals surface area (Å²) in [6.07, 6.45) is -0.558. The van der Waals surface area contributed by atoms with Crippen LogP contribution in [0.15, 0.2) is 48.5 Å². The fourth-order valence-corrected chi connectivity index (χ4v) is 2.28. The Kier molecular flexibility index (Phi) is 3.62. The third-order valence-corrected chi connectivity index (χ3v) is 3.57. The van der Waals surface area contributed by atoms with Crippen LogP contribution in [0.1, 0.15) is 22.0 Å². The quantitative estimate of drug-likeness (QED) is 0.625. The van der Waals surface area contributed by atoms with E-state index >= 15 is 0 Å². The van der Waals surface area contributed by atoms with Gasteiger partial charge in [-0.1, -0.05) is 12.1 Å². The standard InChI is InChI=1S/C17H16O4/c1-19-13-7-3-11(4-8-13)15(18)17-16(21-17)12-5-9-14(20-2)10-6-12/h3-10,16-17H,1-2H3/t16-,17-/m0/s1. The van der Waals surface area contributed by atoms with Gasteiger partial charge in [0.2, 0.25) is 0 Å². The lowest BCUT2D eigenvalue weighted by molar-refractivity contribution is 0.0953. The third kappa shape index (κ3) is 2.76. The van der Waals surface area contributed by atoms with Crippen LogP contribution in [0, 0.1) is 0 Å². The van der Waals surface area contributed by atoms with E-state index in [2.05, 4.69) is 0 Å². The van der Waals surface area contributed by atoms with Gasteiger partial charge < -0.3 is 14.2 Å². The van der Waals surface area contributed by atoms with Crippen molar-refractivity contribution < 1.29 is 19.0 Å². The first kappa shape index (κ1) is 13.6. The lowest BCUT2D eigenvalue weighted by Gasteiger charge is -2.02. The predicted octanol–water partition coefficient (Wildman–Crippen LogP) is 3.03. The van der Waals surface area contributed by atoms with Gasteiger partial charge in [0, 0.05) is 5.56 Å². The monoisotopic (exact) mass is 284 g/mol. The molecule has 4 heteroatoms. The van der Waals surface area contributed by atoms with Crippen LogP contribution in [0.2, 0.25) is 0 Å². The molecule has 0 spiro atoms. The molecule has 0 unspecified atom stereocenters. The van der Waals surface area contributed by atoms with Gasteiger partial charge in [0.15, 0.2) is 11.9 Å². The molecule has 2 aromatic rings. The van der Waals surface area contributed by atoms with Crippen molar-refractivity contribution in [2.24, 2.45) is 0 Å². The minimum atomic E-state index is -0.396. The molecular formula is C17H16O4. The number of carbonyl (C=O) groups excluding carboxylic acids is 1. The summed E-state index contributed by atoms with van der Waals surface area (Å²) in [4.78, 5) is 12.3. The zero-order chi connectivity index (χ0) is 14.8. The summed E-state index contributed by atoms with van der Waals surface area (Å²) in [5, 5.41) is 0. The highest BCUT2D eigenvalue weighted by Crippen LogP contribution is 2.41. The summed E-state index contributed by atoms with van der Waals surface area (Å²) < 4.78 is 15.7. The molecular weight excluding hydrogens is 268 g/mol. The molecule has 3 rings (SSSR count). The van der Waals surface area contributed by atoms with Crippen molar-refractivity contribution in [3.63, 3.8) is 0 Å². The van der Waals surface area contributed by atoms with Gasteiger partial charge >= 0.3 is 0 Å². The lowest BCUT2D eigenvalue weighted by atomic mass is 10.0. The van der Waals surface area contributed by atoms with Gasteiger partial charge in [-0.15, -0.1) is 0 Å². The Morgan fingerprint density at radius 3 is 1.95 bits per heavy atom. The van der Waals surface area contributed by atoms with Crippen molar-refractivity contribution in [3.05, 3.63) is 59.7 Å². The Balaban J connectivity index is 1.69. The molecule has 2 aromatic carbocycles. The average molecular weight is 284 g/mol. The highest BCUT2D eigenvalue weighted by Gasteiger charge is 2.46. The molecule has 1 aliphatic rings. The topological polar surface area (TPSA) is 48.1 Å². The van der Waals surface area contributed by atoms with Gasteiger partial charge in [-0.3, -0.25) is 4.79 Å². The number of epoxide rings is 1. The van der Waals surface area contributed by atoms with Crippen molar-refractivity contribution in [1.82, 2.24) is 0 Å². The Hall–Kier alpha value is -2.33. The smallest absolute Gasteiger partial charge is 0.194 e. The number of hydrogen-bond acceptors (Lipinski definition) is 4. The van der Waals surface area contributed by atoms with E-state index in [1.807, 2.05) is 24.3 Å². The number of ketones is 1. The molecule has 1 saturated heterocycles. The van der Waals surface area contributed by atoms with Crippen molar-refractivity contribution in [3.8, 4) is 11.5 Å². The Morgan fingerprint density at radius 2 is 1.43 bits per heavy atom. The SMILES string of the molecule is COc1ccc(C(=O)[C@@H]2O[C@H]2c2ccc(OC)cc2)cc1. The van der Waals surface area contributed by atoms with Gasteiger partial charge in [-0.2, -0.15) is 0 Å². The molecule has 1 fully saturated rings. The van der Waals surface area contributed by atoms with Gasteiger partial charge in [-0.05, 0) is 42.0 Å². The van der Waals surface area contributed by atoms with E-state index in [9.17, 15) is 4.79 Å². The summed E-state index contributed by atoms with van der Waals surface area (Å²) >= 11 is 0. The Labute approximate surface area is 123 Å². The molecule has 0 bridgehead atoms. The molecule has 1 aliphatic heterocycles. The maximum Gasteiger partial charge on any atom is 0.194 e. The summed E-state index contributed by atoms with van der Waals surface area (Å²) in [7, 11) is 3.22. The number of benzene rings is 2. The molecule has 4 nitrogen and oxygen atoms in total. The first-order valence-electron chi connectivity index (χ1n) is 6.70. The maximum atomic E-state index is 12.3. The number of rotatable bonds is 5. The van der Waals surface area contributed by atoms with E-state index in [1.54, 1.807) is 38.5 Å². The summed E-state index contributed by atoms with van der Waals surface area (Å²) in [6, 6.07) is 14.6. The first-order chi connectivity index (χ1) is 10.2. The second-order valence-electron chi connectivity index (χ2n) is 4.84. The van der Waals surface area contributed by atoms with Gasteiger partial charge in [0.05, 0.1) is 14.2 Å². The fraction of sp³-hybridized carbons (Fsp3) is 0.235. The zero-order valence-electron chi connectivity index (χ0n) is 11.9. The minimum Gasteiger partial charge on any atom is -0.497 e. The van der Waals surface area contributed by atoms with E-state index in [0.717, 1.165) is 17.1 Å². The Bertz CT molecular complexity index is 631. The summed E-state index contributed by atoms with van der Waals surface area (Å²) in [5.41, 5.74) is 1.62. The van der Waals surface area contributed by atoms with Crippen molar-refractivity contribution in [2.45, 2.75) is 12.2 Å². The number of hydrogen-bond donors (Lipinski definition) is 0. The minimum absolute atomic E-state index is 0.00142. The highest BCUT2D eigenvalue weighted by atomic mass is 16.6. The molecule has 0 radical (unpaired) electrons. The number of Topliss-reactive ketones (excluding diaryl/α,β-unsaturated/α-hetero) is 1. The van der Waals surface area contributed by atoms with Crippen LogP contribution in [0.4, 0.5) is 0 Å². The van der Waals surface area contributed by atoms with Crippen LogP contribution in [-0.2, 0) is 4.74 Å². The molecule has 0 aliphatic carbocycles. The normalized spacial score (nSPS) is 19.9. The Morgan fingerprint density at radius 1 is 0.905 bits per heavy atom. The summed E-state index contributed by atoms with van der Waals surface area (Å²) in [5.74, 6) is 1.52. The van der Waals surface area contributed by atoms with Crippen LogP contribution in [0.3, 0.4) is 0 Å². The maximum absolute atomic E-state index is 12.3. The highest BCUT2D eigenvalue weighted by molar-refractivity contribution is 6.01. The molecule has 2 atom stereocenters. The van der Waals surface area contributed by atoms with Crippen LogP contribution >= 0.6 is 0 Å². The van der Waals surface area contributed by atoms with E-state index in [4.69, 9.17) is 14.2 Å². The third-order valence-electron chi connectivity index (χ3n) is 3.57. The van der Waals surface area contributed by atoms with Crippen molar-refractivity contribution in [2.75, 3.05) is 14.2 Å². The largest absolute Gasteiger partial charge is 0.497 e. The number of carbonyl (C=O) groups is 1. The molecule has 0 aromatic heterocycles. The predicted molar refractivity (Wildman–Crippen MR) is 77.9 cm³/mol. The molecule has 0 N–H and O–H groups in total. The molecule has 1 heterocycles. The van der Waals surface area contributed by atoms with E-state index in [1.165, 1.54) is 0 Å². The first-order valence-corrected chi connectivity index (χ1v) is 6.70. The zero-order valence-corrected chi connectivity index (χ0v) is 11.9. The fourth-order valence-electron chi connectivity index (χ4n) is 2.28. The van der Waals surface area contributed by atoms with Gasteiger partial charge in [0.1, 0.15) is 17.6 Å². The van der Waals surface area contributed by atoms with Crippen LogP contribution in [-0.4, -0.2) is 26.1 Å². The molecule has 0 amide bonds. The molecule has 0 saturated carbocycles.